The Morgan fingerprint density at radius 3 is 2.53 bits per heavy atom. The molecule has 1 atom stereocenters. The zero-order valence-electron chi connectivity index (χ0n) is 10.9. The highest BCUT2D eigenvalue weighted by Gasteiger charge is 2.05. The van der Waals surface area contributed by atoms with E-state index in [1.165, 1.54) is 11.1 Å². The minimum Gasteiger partial charge on any atom is -0.356 e. The van der Waals surface area contributed by atoms with Gasteiger partial charge in [-0.1, -0.05) is 29.8 Å². The van der Waals surface area contributed by atoms with Crippen LogP contribution in [0.3, 0.4) is 0 Å². The van der Waals surface area contributed by atoms with Crippen LogP contribution in [0, 0.1) is 6.92 Å². The summed E-state index contributed by atoms with van der Waals surface area (Å²) < 4.78 is 0. The SMILES string of the molecule is CCNC(=O)CCN[C@H](C)c1ccc(C)cc1. The topological polar surface area (TPSA) is 41.1 Å². The minimum atomic E-state index is 0.108. The predicted molar refractivity (Wildman–Crippen MR) is 70.9 cm³/mol. The van der Waals surface area contributed by atoms with Gasteiger partial charge in [-0.3, -0.25) is 4.79 Å². The predicted octanol–water partition coefficient (Wildman–Crippen LogP) is 2.17. The number of hydrogen-bond acceptors (Lipinski definition) is 2. The first kappa shape index (κ1) is 13.7. The first-order valence-electron chi connectivity index (χ1n) is 6.20. The summed E-state index contributed by atoms with van der Waals surface area (Å²) in [7, 11) is 0. The second-order valence-electron chi connectivity index (χ2n) is 4.29. The van der Waals surface area contributed by atoms with Crippen molar-refractivity contribution in [3.8, 4) is 0 Å². The van der Waals surface area contributed by atoms with Crippen molar-refractivity contribution in [2.75, 3.05) is 13.1 Å². The van der Waals surface area contributed by atoms with Crippen molar-refractivity contribution in [3.05, 3.63) is 35.4 Å². The van der Waals surface area contributed by atoms with E-state index in [9.17, 15) is 4.79 Å². The maximum atomic E-state index is 11.3. The van der Waals surface area contributed by atoms with Crippen molar-refractivity contribution < 1.29 is 4.79 Å². The molecule has 0 radical (unpaired) electrons. The van der Waals surface area contributed by atoms with Crippen molar-refractivity contribution >= 4 is 5.91 Å². The lowest BCUT2D eigenvalue weighted by atomic mass is 10.1. The monoisotopic (exact) mass is 234 g/mol. The molecule has 1 amide bonds. The van der Waals surface area contributed by atoms with Crippen LogP contribution >= 0.6 is 0 Å². The molecule has 0 spiro atoms. The number of hydrogen-bond donors (Lipinski definition) is 2. The molecule has 0 unspecified atom stereocenters. The van der Waals surface area contributed by atoms with Crippen LogP contribution in [0.2, 0.25) is 0 Å². The third kappa shape index (κ3) is 5.00. The van der Waals surface area contributed by atoms with Crippen LogP contribution in [0.4, 0.5) is 0 Å². The molecule has 0 bridgehead atoms. The Morgan fingerprint density at radius 2 is 1.94 bits per heavy atom. The highest BCUT2D eigenvalue weighted by atomic mass is 16.1. The molecule has 0 aromatic heterocycles. The van der Waals surface area contributed by atoms with Gasteiger partial charge >= 0.3 is 0 Å². The lowest BCUT2D eigenvalue weighted by molar-refractivity contribution is -0.120. The first-order chi connectivity index (χ1) is 8.13. The Hall–Kier alpha value is -1.35. The van der Waals surface area contributed by atoms with E-state index >= 15 is 0 Å². The van der Waals surface area contributed by atoms with Gasteiger partial charge in [0.1, 0.15) is 0 Å². The molecule has 0 saturated carbocycles. The van der Waals surface area contributed by atoms with Crippen molar-refractivity contribution in [1.29, 1.82) is 0 Å². The van der Waals surface area contributed by atoms with E-state index < -0.39 is 0 Å². The molecule has 0 heterocycles. The molecule has 17 heavy (non-hydrogen) atoms. The van der Waals surface area contributed by atoms with Gasteiger partial charge in [-0.25, -0.2) is 0 Å². The van der Waals surface area contributed by atoms with Gasteiger partial charge in [0.15, 0.2) is 0 Å². The number of benzene rings is 1. The van der Waals surface area contributed by atoms with Gasteiger partial charge in [0, 0.05) is 25.6 Å². The average molecular weight is 234 g/mol. The lowest BCUT2D eigenvalue weighted by Crippen LogP contribution is -2.28. The van der Waals surface area contributed by atoms with Crippen LogP contribution in [-0.2, 0) is 4.79 Å². The summed E-state index contributed by atoms with van der Waals surface area (Å²) in [5.74, 6) is 0.108. The van der Waals surface area contributed by atoms with Crippen LogP contribution in [0.5, 0.6) is 0 Å². The van der Waals surface area contributed by atoms with E-state index in [0.29, 0.717) is 19.5 Å². The molecular weight excluding hydrogens is 212 g/mol. The Labute approximate surface area is 104 Å². The van der Waals surface area contributed by atoms with E-state index in [-0.39, 0.29) is 11.9 Å². The summed E-state index contributed by atoms with van der Waals surface area (Å²) in [5, 5.41) is 6.13. The third-order valence-electron chi connectivity index (χ3n) is 2.75. The second-order valence-corrected chi connectivity index (χ2v) is 4.29. The van der Waals surface area contributed by atoms with E-state index in [0.717, 1.165) is 0 Å². The Bertz CT molecular complexity index is 346. The van der Waals surface area contributed by atoms with Gasteiger partial charge in [0.2, 0.25) is 5.91 Å². The fraction of sp³-hybridized carbons (Fsp3) is 0.500. The number of nitrogens with one attached hydrogen (secondary N) is 2. The van der Waals surface area contributed by atoms with Crippen molar-refractivity contribution in [2.45, 2.75) is 33.2 Å². The standard InChI is InChI=1S/C14H22N2O/c1-4-15-14(17)9-10-16-12(3)13-7-5-11(2)6-8-13/h5-8,12,16H,4,9-10H2,1-3H3,(H,15,17)/t12-/m1/s1. The maximum Gasteiger partial charge on any atom is 0.221 e. The second kappa shape index (κ2) is 7.07. The molecule has 0 aliphatic carbocycles. The quantitative estimate of drug-likeness (QED) is 0.792. The van der Waals surface area contributed by atoms with E-state index in [4.69, 9.17) is 0 Å². The molecule has 2 N–H and O–H groups in total. The summed E-state index contributed by atoms with van der Waals surface area (Å²) in [6.45, 7) is 7.53. The summed E-state index contributed by atoms with van der Waals surface area (Å²) >= 11 is 0. The minimum absolute atomic E-state index is 0.108. The zero-order chi connectivity index (χ0) is 12.7. The molecule has 1 rings (SSSR count). The van der Waals surface area contributed by atoms with Crippen LogP contribution in [0.15, 0.2) is 24.3 Å². The molecule has 94 valence electrons. The number of rotatable bonds is 6. The van der Waals surface area contributed by atoms with Crippen LogP contribution in [0.1, 0.15) is 37.4 Å². The summed E-state index contributed by atoms with van der Waals surface area (Å²) in [4.78, 5) is 11.3. The largest absolute Gasteiger partial charge is 0.356 e. The number of amides is 1. The van der Waals surface area contributed by atoms with Crippen molar-refractivity contribution in [1.82, 2.24) is 10.6 Å². The van der Waals surface area contributed by atoms with Crippen molar-refractivity contribution in [3.63, 3.8) is 0 Å². The molecule has 1 aromatic carbocycles. The van der Waals surface area contributed by atoms with Gasteiger partial charge < -0.3 is 10.6 Å². The average Bonchev–Trinajstić information content (AvgIpc) is 2.30. The van der Waals surface area contributed by atoms with Crippen LogP contribution in [0.25, 0.3) is 0 Å². The molecule has 0 fully saturated rings. The molecular formula is C14H22N2O. The molecule has 3 heteroatoms. The Kier molecular flexibility index (Phi) is 5.70. The number of carbonyl (C=O) groups is 1. The summed E-state index contributed by atoms with van der Waals surface area (Å²) in [5.41, 5.74) is 2.52. The highest BCUT2D eigenvalue weighted by Crippen LogP contribution is 2.12. The summed E-state index contributed by atoms with van der Waals surface area (Å²) in [6, 6.07) is 8.75. The summed E-state index contributed by atoms with van der Waals surface area (Å²) in [6.07, 6.45) is 0.532. The van der Waals surface area contributed by atoms with Gasteiger partial charge in [-0.05, 0) is 26.3 Å². The van der Waals surface area contributed by atoms with E-state index in [1.54, 1.807) is 0 Å². The fourth-order valence-corrected chi connectivity index (χ4v) is 1.66. The third-order valence-corrected chi connectivity index (χ3v) is 2.75. The van der Waals surface area contributed by atoms with Crippen LogP contribution in [-0.4, -0.2) is 19.0 Å². The van der Waals surface area contributed by atoms with Gasteiger partial charge in [-0.2, -0.15) is 0 Å². The van der Waals surface area contributed by atoms with E-state index in [1.807, 2.05) is 6.92 Å². The molecule has 0 aliphatic rings. The smallest absolute Gasteiger partial charge is 0.221 e. The highest BCUT2D eigenvalue weighted by molar-refractivity contribution is 5.75. The maximum absolute atomic E-state index is 11.3. The van der Waals surface area contributed by atoms with E-state index in [2.05, 4.69) is 48.7 Å². The Balaban J connectivity index is 2.32. The van der Waals surface area contributed by atoms with Crippen molar-refractivity contribution in [2.24, 2.45) is 0 Å². The van der Waals surface area contributed by atoms with Crippen LogP contribution < -0.4 is 10.6 Å². The van der Waals surface area contributed by atoms with Gasteiger partial charge in [0.05, 0.1) is 0 Å². The van der Waals surface area contributed by atoms with Gasteiger partial charge in [0.25, 0.3) is 0 Å². The van der Waals surface area contributed by atoms with Gasteiger partial charge in [-0.15, -0.1) is 0 Å². The zero-order valence-corrected chi connectivity index (χ0v) is 10.9. The lowest BCUT2D eigenvalue weighted by Gasteiger charge is -2.14. The number of carbonyl (C=O) groups excluding carboxylic acids is 1. The number of aryl methyl sites for hydroxylation is 1. The first-order valence-corrected chi connectivity index (χ1v) is 6.20. The molecule has 3 nitrogen and oxygen atoms in total. The molecule has 0 aliphatic heterocycles. The Morgan fingerprint density at radius 1 is 1.29 bits per heavy atom. The fourth-order valence-electron chi connectivity index (χ4n) is 1.66. The molecule has 0 saturated heterocycles. The molecule has 1 aromatic rings. The normalized spacial score (nSPS) is 12.2.